The lowest BCUT2D eigenvalue weighted by Gasteiger charge is -2.22. The number of anilines is 1. The van der Waals surface area contributed by atoms with Crippen molar-refractivity contribution in [3.63, 3.8) is 0 Å². The maximum absolute atomic E-state index is 12.6. The van der Waals surface area contributed by atoms with Gasteiger partial charge in [-0.2, -0.15) is 9.78 Å². The highest BCUT2D eigenvalue weighted by Gasteiger charge is 2.27. The number of halogens is 3. The lowest BCUT2D eigenvalue weighted by atomic mass is 10.00. The second kappa shape index (κ2) is 7.96. The minimum Gasteiger partial charge on any atom is -0.396 e. The lowest BCUT2D eigenvalue weighted by Crippen LogP contribution is -2.28. The second-order valence-corrected chi connectivity index (χ2v) is 7.36. The lowest BCUT2D eigenvalue weighted by molar-refractivity contribution is 0.254. The second-order valence-electron chi connectivity index (χ2n) is 6.14. The molecule has 0 bridgehead atoms. The van der Waals surface area contributed by atoms with Gasteiger partial charge in [-0.1, -0.05) is 41.2 Å². The molecule has 0 amide bonds. The molecule has 1 fully saturated rings. The van der Waals surface area contributed by atoms with Crippen LogP contribution in [-0.2, 0) is 0 Å². The minimum absolute atomic E-state index is 0.0654. The molecule has 1 aromatic heterocycles. The standard InChI is InChI=1S/C17H18Cl3N3O2/c18-11-4-5-15(12(19)8-11)23-17(25)16(20)14(9-21-23)22-13-3-1-2-10(13)6-7-24/h4-5,8-10,13,22,24H,1-3,6-7H2. The van der Waals surface area contributed by atoms with Crippen molar-refractivity contribution in [2.24, 2.45) is 5.92 Å². The average Bonchev–Trinajstić information content (AvgIpc) is 3.00. The summed E-state index contributed by atoms with van der Waals surface area (Å²) in [6.07, 6.45) is 5.39. The molecule has 1 aliphatic rings. The normalized spacial score (nSPS) is 20.0. The van der Waals surface area contributed by atoms with E-state index < -0.39 is 5.56 Å². The van der Waals surface area contributed by atoms with Gasteiger partial charge in [0.05, 0.1) is 22.6 Å². The van der Waals surface area contributed by atoms with Crippen molar-refractivity contribution in [3.8, 4) is 5.69 Å². The summed E-state index contributed by atoms with van der Waals surface area (Å²) >= 11 is 18.3. The van der Waals surface area contributed by atoms with Crippen molar-refractivity contribution >= 4 is 40.5 Å². The zero-order valence-electron chi connectivity index (χ0n) is 13.4. The number of hydrogen-bond donors (Lipinski definition) is 2. The molecule has 0 spiro atoms. The number of rotatable bonds is 5. The molecule has 2 N–H and O–H groups in total. The van der Waals surface area contributed by atoms with E-state index in [1.165, 1.54) is 6.20 Å². The maximum atomic E-state index is 12.6. The van der Waals surface area contributed by atoms with Crippen molar-refractivity contribution < 1.29 is 5.11 Å². The quantitative estimate of drug-likeness (QED) is 0.788. The third-order valence-corrected chi connectivity index (χ3v) is 5.46. The fourth-order valence-corrected chi connectivity index (χ4v) is 3.97. The summed E-state index contributed by atoms with van der Waals surface area (Å²) in [5.41, 5.74) is 0.471. The molecule has 8 heteroatoms. The van der Waals surface area contributed by atoms with Crippen LogP contribution in [0.15, 0.2) is 29.2 Å². The number of hydrogen-bond acceptors (Lipinski definition) is 4. The topological polar surface area (TPSA) is 67.2 Å². The number of benzene rings is 1. The Kier molecular flexibility index (Phi) is 5.89. The van der Waals surface area contributed by atoms with Crippen LogP contribution < -0.4 is 10.9 Å². The first-order valence-electron chi connectivity index (χ1n) is 8.12. The summed E-state index contributed by atoms with van der Waals surface area (Å²) in [7, 11) is 0. The van der Waals surface area contributed by atoms with E-state index in [1.807, 2.05) is 0 Å². The van der Waals surface area contributed by atoms with Gasteiger partial charge in [-0.25, -0.2) is 0 Å². The van der Waals surface area contributed by atoms with Crippen molar-refractivity contribution in [2.45, 2.75) is 31.7 Å². The van der Waals surface area contributed by atoms with E-state index in [0.29, 0.717) is 27.3 Å². The van der Waals surface area contributed by atoms with Gasteiger partial charge in [-0.3, -0.25) is 4.79 Å². The SMILES string of the molecule is O=c1c(Cl)c(NC2CCCC2CCO)cnn1-c1ccc(Cl)cc1Cl. The van der Waals surface area contributed by atoms with Gasteiger partial charge in [-0.05, 0) is 43.4 Å². The molecule has 2 aromatic rings. The predicted molar refractivity (Wildman–Crippen MR) is 101 cm³/mol. The van der Waals surface area contributed by atoms with Crippen molar-refractivity contribution in [2.75, 3.05) is 11.9 Å². The van der Waals surface area contributed by atoms with Crippen LogP contribution >= 0.6 is 34.8 Å². The van der Waals surface area contributed by atoms with Crippen molar-refractivity contribution in [1.82, 2.24) is 9.78 Å². The Bertz CT molecular complexity index is 825. The van der Waals surface area contributed by atoms with Crippen molar-refractivity contribution in [3.05, 3.63) is 49.8 Å². The van der Waals surface area contributed by atoms with Gasteiger partial charge in [-0.15, -0.1) is 0 Å². The fraction of sp³-hybridized carbons (Fsp3) is 0.412. The van der Waals surface area contributed by atoms with Crippen LogP contribution in [0.5, 0.6) is 0 Å². The summed E-state index contributed by atoms with van der Waals surface area (Å²) < 4.78 is 1.16. The van der Waals surface area contributed by atoms with Gasteiger partial charge in [0.2, 0.25) is 0 Å². The first-order chi connectivity index (χ1) is 12.0. The molecular weight excluding hydrogens is 385 g/mol. The van der Waals surface area contributed by atoms with E-state index in [0.717, 1.165) is 30.4 Å². The summed E-state index contributed by atoms with van der Waals surface area (Å²) in [6.45, 7) is 0.158. The Labute approximate surface area is 160 Å². The van der Waals surface area contributed by atoms with Gasteiger partial charge in [0.15, 0.2) is 0 Å². The number of aliphatic hydroxyl groups is 1. The highest BCUT2D eigenvalue weighted by atomic mass is 35.5. The first-order valence-corrected chi connectivity index (χ1v) is 9.25. The molecular formula is C17H18Cl3N3O2. The molecule has 0 aliphatic heterocycles. The summed E-state index contributed by atoms with van der Waals surface area (Å²) in [5.74, 6) is 0.370. The van der Waals surface area contributed by atoms with E-state index in [2.05, 4.69) is 10.4 Å². The Morgan fingerprint density at radius 2 is 2.08 bits per heavy atom. The Morgan fingerprint density at radius 1 is 1.28 bits per heavy atom. The predicted octanol–water partition coefficient (Wildman–Crippen LogP) is 4.16. The van der Waals surface area contributed by atoms with E-state index >= 15 is 0 Å². The van der Waals surface area contributed by atoms with Crippen molar-refractivity contribution in [1.29, 1.82) is 0 Å². The molecule has 3 rings (SSSR count). The molecule has 25 heavy (non-hydrogen) atoms. The molecule has 5 nitrogen and oxygen atoms in total. The molecule has 134 valence electrons. The molecule has 2 atom stereocenters. The van der Waals surface area contributed by atoms with Crippen LogP contribution in [0.3, 0.4) is 0 Å². The fourth-order valence-electron chi connectivity index (χ4n) is 3.30. The van der Waals surface area contributed by atoms with Crippen LogP contribution in [0.25, 0.3) is 5.69 Å². The highest BCUT2D eigenvalue weighted by molar-refractivity contribution is 6.36. The van der Waals surface area contributed by atoms with Crippen LogP contribution in [0.1, 0.15) is 25.7 Å². The zero-order chi connectivity index (χ0) is 18.0. The highest BCUT2D eigenvalue weighted by Crippen LogP contribution is 2.32. The largest absolute Gasteiger partial charge is 0.396 e. The van der Waals surface area contributed by atoms with Gasteiger partial charge in [0.25, 0.3) is 5.56 Å². The molecule has 0 saturated heterocycles. The Balaban J connectivity index is 1.89. The summed E-state index contributed by atoms with van der Waals surface area (Å²) in [5, 5.41) is 17.5. The molecule has 1 heterocycles. The number of nitrogens with one attached hydrogen (secondary N) is 1. The third-order valence-electron chi connectivity index (χ3n) is 4.56. The Morgan fingerprint density at radius 3 is 2.80 bits per heavy atom. The number of aromatic nitrogens is 2. The van der Waals surface area contributed by atoms with Crippen LogP contribution in [-0.4, -0.2) is 27.5 Å². The van der Waals surface area contributed by atoms with Gasteiger partial charge in [0, 0.05) is 17.7 Å². The number of nitrogens with zero attached hydrogens (tertiary/aromatic N) is 2. The third kappa shape index (κ3) is 3.95. The molecule has 1 aliphatic carbocycles. The van der Waals surface area contributed by atoms with Crippen LogP contribution in [0.2, 0.25) is 15.1 Å². The van der Waals surface area contributed by atoms with E-state index in [9.17, 15) is 9.90 Å². The van der Waals surface area contributed by atoms with E-state index in [4.69, 9.17) is 34.8 Å². The number of aliphatic hydroxyl groups excluding tert-OH is 1. The molecule has 1 aromatic carbocycles. The van der Waals surface area contributed by atoms with Crippen LogP contribution in [0.4, 0.5) is 5.69 Å². The Hall–Kier alpha value is -1.27. The minimum atomic E-state index is -0.451. The molecule has 2 unspecified atom stereocenters. The first kappa shape index (κ1) is 18.5. The molecule has 1 saturated carbocycles. The smallest absolute Gasteiger partial charge is 0.292 e. The van der Waals surface area contributed by atoms with Gasteiger partial charge >= 0.3 is 0 Å². The zero-order valence-corrected chi connectivity index (χ0v) is 15.7. The molecule has 0 radical (unpaired) electrons. The monoisotopic (exact) mass is 401 g/mol. The maximum Gasteiger partial charge on any atom is 0.292 e. The average molecular weight is 403 g/mol. The van der Waals surface area contributed by atoms with E-state index in [-0.39, 0.29) is 17.7 Å². The van der Waals surface area contributed by atoms with Crippen LogP contribution in [0, 0.1) is 5.92 Å². The summed E-state index contributed by atoms with van der Waals surface area (Å²) in [6, 6.07) is 4.98. The summed E-state index contributed by atoms with van der Waals surface area (Å²) in [4.78, 5) is 12.6. The van der Waals surface area contributed by atoms with Gasteiger partial charge < -0.3 is 10.4 Å². The van der Waals surface area contributed by atoms with Gasteiger partial charge in [0.1, 0.15) is 5.02 Å². The van der Waals surface area contributed by atoms with E-state index in [1.54, 1.807) is 18.2 Å².